The number of fused-ring (bicyclic) bond motifs is 3. The Morgan fingerprint density at radius 1 is 0.791 bits per heavy atom. The van der Waals surface area contributed by atoms with E-state index in [0.717, 1.165) is 56.9 Å². The van der Waals surface area contributed by atoms with Crippen molar-refractivity contribution in [3.05, 3.63) is 132 Å². The van der Waals surface area contributed by atoms with Crippen molar-refractivity contribution in [2.24, 2.45) is 0 Å². The summed E-state index contributed by atoms with van der Waals surface area (Å²) >= 11 is 0. The molecule has 214 valence electrons. The summed E-state index contributed by atoms with van der Waals surface area (Å²) in [5.41, 5.74) is 9.61. The van der Waals surface area contributed by atoms with Crippen molar-refractivity contribution in [1.29, 1.82) is 0 Å². The van der Waals surface area contributed by atoms with Crippen LogP contribution in [0.25, 0.3) is 44.4 Å². The Hall–Kier alpha value is -4.47. The number of aromatic nitrogens is 4. The van der Waals surface area contributed by atoms with Gasteiger partial charge in [-0.1, -0.05) is 60.5 Å². The van der Waals surface area contributed by atoms with E-state index in [1.807, 2.05) is 48.1 Å². The first-order chi connectivity index (χ1) is 20.5. The van der Waals surface area contributed by atoms with Crippen LogP contribution in [-0.4, -0.2) is 19.3 Å². The van der Waals surface area contributed by atoms with Gasteiger partial charge in [-0.25, -0.2) is 4.98 Å². The van der Waals surface area contributed by atoms with Crippen molar-refractivity contribution in [1.82, 2.24) is 19.3 Å². The molecule has 0 N–H and O–H groups in total. The SMILES string of the molecule is CCc1ccnc(-n2c3[c-]c(Oc4[c-]c(-n5nc(C)c(-c6ccccc6)c5C)ccc4)ccc3c3cc(C)ccc32)c1.[Pt+2]. The molecule has 4 aromatic carbocycles. The van der Waals surface area contributed by atoms with Crippen molar-refractivity contribution in [3.63, 3.8) is 0 Å². The number of hydrogen-bond acceptors (Lipinski definition) is 3. The van der Waals surface area contributed by atoms with Crippen molar-refractivity contribution in [3.8, 4) is 34.1 Å². The Labute approximate surface area is 266 Å². The van der Waals surface area contributed by atoms with Crippen molar-refractivity contribution < 1.29 is 25.8 Å². The van der Waals surface area contributed by atoms with Crippen LogP contribution in [0, 0.1) is 32.9 Å². The van der Waals surface area contributed by atoms with E-state index in [1.54, 1.807) is 0 Å². The van der Waals surface area contributed by atoms with Crippen LogP contribution in [0.15, 0.2) is 97.2 Å². The van der Waals surface area contributed by atoms with Gasteiger partial charge in [0.1, 0.15) is 5.82 Å². The predicted octanol–water partition coefficient (Wildman–Crippen LogP) is 8.91. The molecule has 7 rings (SSSR count). The molecule has 0 aliphatic carbocycles. The van der Waals surface area contributed by atoms with Crippen LogP contribution in [0.1, 0.15) is 29.4 Å². The first-order valence-electron chi connectivity index (χ1n) is 14.2. The van der Waals surface area contributed by atoms with Gasteiger partial charge in [0.25, 0.3) is 0 Å². The fraction of sp³-hybridized carbons (Fsp3) is 0.135. The van der Waals surface area contributed by atoms with Gasteiger partial charge in [-0.05, 0) is 67.6 Å². The predicted molar refractivity (Wildman–Crippen MR) is 169 cm³/mol. The topological polar surface area (TPSA) is 44.9 Å². The molecule has 0 aliphatic rings. The average Bonchev–Trinajstić information content (AvgIpc) is 3.49. The molecule has 6 heteroatoms. The van der Waals surface area contributed by atoms with E-state index in [9.17, 15) is 0 Å². The zero-order chi connectivity index (χ0) is 28.8. The van der Waals surface area contributed by atoms with Crippen LogP contribution in [0.5, 0.6) is 11.5 Å². The number of rotatable bonds is 6. The Kier molecular flexibility index (Phi) is 7.77. The average molecular weight is 742 g/mol. The zero-order valence-electron chi connectivity index (χ0n) is 24.5. The third-order valence-corrected chi connectivity index (χ3v) is 7.81. The minimum atomic E-state index is 0. The summed E-state index contributed by atoms with van der Waals surface area (Å²) in [4.78, 5) is 4.74. The first-order valence-corrected chi connectivity index (χ1v) is 14.2. The molecule has 0 aliphatic heterocycles. The van der Waals surface area contributed by atoms with Gasteiger partial charge in [-0.3, -0.25) is 4.68 Å². The largest absolute Gasteiger partial charge is 2.00 e. The maximum absolute atomic E-state index is 6.38. The van der Waals surface area contributed by atoms with Crippen LogP contribution in [0.4, 0.5) is 0 Å². The molecule has 7 aromatic rings. The van der Waals surface area contributed by atoms with Crippen molar-refractivity contribution in [2.45, 2.75) is 34.1 Å². The number of nitrogens with zero attached hydrogens (tertiary/aromatic N) is 4. The first kappa shape index (κ1) is 28.6. The van der Waals surface area contributed by atoms with Crippen molar-refractivity contribution >= 4 is 21.8 Å². The Balaban J connectivity index is 0.00000329. The van der Waals surface area contributed by atoms with Gasteiger partial charge in [0, 0.05) is 34.5 Å². The number of hydrogen-bond donors (Lipinski definition) is 0. The van der Waals surface area contributed by atoms with E-state index < -0.39 is 0 Å². The zero-order valence-corrected chi connectivity index (χ0v) is 26.7. The summed E-state index contributed by atoms with van der Waals surface area (Å²) in [5, 5.41) is 7.13. The van der Waals surface area contributed by atoms with E-state index in [2.05, 4.69) is 98.1 Å². The van der Waals surface area contributed by atoms with E-state index in [1.165, 1.54) is 16.5 Å². The maximum atomic E-state index is 6.38. The Morgan fingerprint density at radius 3 is 2.42 bits per heavy atom. The molecule has 0 spiro atoms. The normalized spacial score (nSPS) is 11.2. The van der Waals surface area contributed by atoms with Crippen LogP contribution in [0.3, 0.4) is 0 Å². The second-order valence-electron chi connectivity index (χ2n) is 10.6. The van der Waals surface area contributed by atoms with E-state index in [0.29, 0.717) is 11.5 Å². The fourth-order valence-corrected chi connectivity index (χ4v) is 5.78. The third-order valence-electron chi connectivity index (χ3n) is 7.81. The monoisotopic (exact) mass is 741 g/mol. The van der Waals surface area contributed by atoms with E-state index in [4.69, 9.17) is 14.8 Å². The molecule has 3 heterocycles. The second kappa shape index (κ2) is 11.7. The summed E-state index contributed by atoms with van der Waals surface area (Å²) in [5.74, 6) is 2.09. The summed E-state index contributed by atoms with van der Waals surface area (Å²) in [7, 11) is 0. The number of pyridine rings is 1. The molecule has 0 bridgehead atoms. The van der Waals surface area contributed by atoms with Gasteiger partial charge in [0.05, 0.1) is 5.69 Å². The molecule has 0 saturated carbocycles. The molecular formula is C37H30N4OPt. The van der Waals surface area contributed by atoms with Gasteiger partial charge in [-0.15, -0.1) is 35.7 Å². The molecule has 0 atom stereocenters. The molecule has 43 heavy (non-hydrogen) atoms. The minimum absolute atomic E-state index is 0. The number of benzene rings is 4. The van der Waals surface area contributed by atoms with Crippen LogP contribution >= 0.6 is 0 Å². The number of aryl methyl sites for hydroxylation is 3. The molecule has 5 nitrogen and oxygen atoms in total. The molecule has 0 unspecified atom stereocenters. The summed E-state index contributed by atoms with van der Waals surface area (Å²) in [6.45, 7) is 8.41. The fourth-order valence-electron chi connectivity index (χ4n) is 5.78. The van der Waals surface area contributed by atoms with Gasteiger partial charge < -0.3 is 9.30 Å². The summed E-state index contributed by atoms with van der Waals surface area (Å²) in [6, 6.07) is 38.0. The van der Waals surface area contributed by atoms with E-state index in [-0.39, 0.29) is 21.1 Å². The molecule has 0 amide bonds. The van der Waals surface area contributed by atoms with Crippen LogP contribution < -0.4 is 4.74 Å². The van der Waals surface area contributed by atoms with Gasteiger partial charge >= 0.3 is 21.1 Å². The van der Waals surface area contributed by atoms with Crippen molar-refractivity contribution in [2.75, 3.05) is 0 Å². The van der Waals surface area contributed by atoms with Gasteiger partial charge in [0.15, 0.2) is 0 Å². The molecule has 0 saturated heterocycles. The third kappa shape index (κ3) is 5.19. The minimum Gasteiger partial charge on any atom is -0.509 e. The maximum Gasteiger partial charge on any atom is 2.00 e. The van der Waals surface area contributed by atoms with Crippen LogP contribution in [0.2, 0.25) is 0 Å². The summed E-state index contributed by atoms with van der Waals surface area (Å²) in [6.07, 6.45) is 2.82. The number of ether oxygens (including phenoxy) is 1. The second-order valence-corrected chi connectivity index (χ2v) is 10.6. The summed E-state index contributed by atoms with van der Waals surface area (Å²) < 4.78 is 10.5. The van der Waals surface area contributed by atoms with Crippen LogP contribution in [-0.2, 0) is 27.5 Å². The molecule has 0 radical (unpaired) electrons. The Bertz CT molecular complexity index is 2090. The van der Waals surface area contributed by atoms with Gasteiger partial charge in [0.2, 0.25) is 0 Å². The molecular weight excluding hydrogens is 712 g/mol. The molecule has 0 fully saturated rings. The Morgan fingerprint density at radius 2 is 1.60 bits per heavy atom. The molecule has 3 aromatic heterocycles. The van der Waals surface area contributed by atoms with E-state index >= 15 is 0 Å². The standard InChI is InChI=1S/C37H30N4O.Pt/c1-5-27-18-19-38-36(21-27)40-34-17-14-24(2)20-33(34)32-16-15-31(23-35(32)40)42-30-13-9-12-29(22-30)41-26(4)37(25(3)39-41)28-10-7-6-8-11-28;/h6-21H,5H2,1-4H3;/q-2;+2. The quantitative estimate of drug-likeness (QED) is 0.160. The smallest absolute Gasteiger partial charge is 0.509 e. The van der Waals surface area contributed by atoms with Gasteiger partial charge in [-0.2, -0.15) is 17.2 Å².